The Morgan fingerprint density at radius 3 is 3.00 bits per heavy atom. The summed E-state index contributed by atoms with van der Waals surface area (Å²) in [6.45, 7) is 2.32. The van der Waals surface area contributed by atoms with Crippen molar-refractivity contribution in [1.29, 1.82) is 0 Å². The number of rotatable bonds is 2. The first-order valence-corrected chi connectivity index (χ1v) is 7.97. The fourth-order valence-electron chi connectivity index (χ4n) is 3.67. The zero-order valence-corrected chi connectivity index (χ0v) is 12.4. The summed E-state index contributed by atoms with van der Waals surface area (Å²) in [5, 5.41) is 7.74. The van der Waals surface area contributed by atoms with Gasteiger partial charge in [-0.3, -0.25) is 0 Å². The van der Waals surface area contributed by atoms with Crippen molar-refractivity contribution in [3.63, 3.8) is 0 Å². The molecule has 1 N–H and O–H groups in total. The largest absolute Gasteiger partial charge is 0.373 e. The Hall–Kier alpha value is -1.84. The summed E-state index contributed by atoms with van der Waals surface area (Å²) < 4.78 is 5.54. The third-order valence-corrected chi connectivity index (χ3v) is 4.83. The predicted octanol–water partition coefficient (Wildman–Crippen LogP) is 4.07. The van der Waals surface area contributed by atoms with Crippen LogP contribution >= 0.6 is 0 Å². The molecule has 0 saturated heterocycles. The van der Waals surface area contributed by atoms with Crippen LogP contribution in [0.2, 0.25) is 0 Å². The molecule has 4 nitrogen and oxygen atoms in total. The lowest BCUT2D eigenvalue weighted by molar-refractivity contribution is 0.317. The normalized spacial score (nSPS) is 28.1. The summed E-state index contributed by atoms with van der Waals surface area (Å²) in [6.07, 6.45) is 5.93. The Bertz CT molecular complexity index is 611. The predicted molar refractivity (Wildman–Crippen MR) is 81.2 cm³/mol. The molecule has 2 aromatic rings. The van der Waals surface area contributed by atoms with Gasteiger partial charge in [-0.2, -0.15) is 4.98 Å². The van der Waals surface area contributed by atoms with Crippen molar-refractivity contribution >= 4 is 5.69 Å². The van der Waals surface area contributed by atoms with Crippen LogP contribution in [0.4, 0.5) is 5.69 Å². The van der Waals surface area contributed by atoms with Gasteiger partial charge in [0, 0.05) is 18.0 Å². The molecule has 0 bridgehead atoms. The van der Waals surface area contributed by atoms with Crippen LogP contribution in [-0.4, -0.2) is 10.1 Å². The van der Waals surface area contributed by atoms with E-state index in [0.29, 0.717) is 5.92 Å². The monoisotopic (exact) mass is 283 g/mol. The molecule has 1 aromatic carbocycles. The van der Waals surface area contributed by atoms with Crippen molar-refractivity contribution in [3.05, 3.63) is 41.5 Å². The van der Waals surface area contributed by atoms with Gasteiger partial charge in [-0.25, -0.2) is 0 Å². The number of aromatic nitrogens is 2. The molecular formula is C17H21N3O. The molecule has 1 saturated carbocycles. The molecule has 3 atom stereocenters. The van der Waals surface area contributed by atoms with Crippen molar-refractivity contribution in [3.8, 4) is 0 Å². The van der Waals surface area contributed by atoms with E-state index in [1.165, 1.54) is 36.9 Å². The number of hydrogen-bond acceptors (Lipinski definition) is 4. The highest BCUT2D eigenvalue weighted by molar-refractivity contribution is 5.56. The van der Waals surface area contributed by atoms with Crippen molar-refractivity contribution in [1.82, 2.24) is 10.1 Å². The van der Waals surface area contributed by atoms with Crippen LogP contribution in [0.25, 0.3) is 0 Å². The van der Waals surface area contributed by atoms with E-state index in [0.717, 1.165) is 24.1 Å². The zero-order valence-electron chi connectivity index (χ0n) is 12.4. The smallest absolute Gasteiger partial charge is 0.249 e. The highest BCUT2D eigenvalue weighted by Crippen LogP contribution is 2.37. The highest BCUT2D eigenvalue weighted by Gasteiger charge is 2.29. The minimum atomic E-state index is 0.129. The molecule has 21 heavy (non-hydrogen) atoms. The molecule has 2 unspecified atom stereocenters. The highest BCUT2D eigenvalue weighted by atomic mass is 16.5. The number of nitrogens with one attached hydrogen (secondary N) is 1. The van der Waals surface area contributed by atoms with Crippen LogP contribution in [0.5, 0.6) is 0 Å². The first-order valence-electron chi connectivity index (χ1n) is 7.97. The second-order valence-electron chi connectivity index (χ2n) is 6.52. The Labute approximate surface area is 124 Å². The molecule has 0 radical (unpaired) electrons. The molecular weight excluding hydrogens is 262 g/mol. The molecule has 0 amide bonds. The molecule has 1 aliphatic heterocycles. The number of benzene rings is 1. The summed E-state index contributed by atoms with van der Waals surface area (Å²) in [7, 11) is 0. The zero-order chi connectivity index (χ0) is 14.2. The maximum Gasteiger partial charge on any atom is 0.249 e. The molecule has 1 aromatic heterocycles. The van der Waals surface area contributed by atoms with E-state index < -0.39 is 0 Å². The lowest BCUT2D eigenvalue weighted by atomic mass is 9.82. The van der Waals surface area contributed by atoms with E-state index in [2.05, 4.69) is 41.7 Å². The van der Waals surface area contributed by atoms with E-state index in [9.17, 15) is 0 Å². The molecule has 2 heterocycles. The van der Waals surface area contributed by atoms with Gasteiger partial charge in [0.05, 0.1) is 0 Å². The van der Waals surface area contributed by atoms with Crippen molar-refractivity contribution in [2.45, 2.75) is 51.0 Å². The summed E-state index contributed by atoms with van der Waals surface area (Å²) >= 11 is 0. The topological polar surface area (TPSA) is 51.0 Å². The summed E-state index contributed by atoms with van der Waals surface area (Å²) in [5.41, 5.74) is 2.52. The van der Waals surface area contributed by atoms with Gasteiger partial charge in [0.15, 0.2) is 5.82 Å². The number of fused-ring (bicyclic) bond motifs is 1. The minimum absolute atomic E-state index is 0.129. The molecule has 4 rings (SSSR count). The fraction of sp³-hybridized carbons (Fsp3) is 0.529. The van der Waals surface area contributed by atoms with Gasteiger partial charge in [0.1, 0.15) is 6.04 Å². The van der Waals surface area contributed by atoms with Crippen LogP contribution in [0.3, 0.4) is 0 Å². The van der Waals surface area contributed by atoms with Crippen LogP contribution in [0.1, 0.15) is 61.8 Å². The standard InChI is InChI=1S/C17H21N3O/c1-11-5-4-7-13(9-11)16-19-17(21-20-16)15-10-12-6-2-3-8-14(12)18-15/h2-3,6,8,11,13,15,18H,4-5,7,9-10H2,1H3/t11?,13?,15-/m0/s1. The van der Waals surface area contributed by atoms with Crippen molar-refractivity contribution < 1.29 is 4.52 Å². The van der Waals surface area contributed by atoms with Gasteiger partial charge < -0.3 is 9.84 Å². The second-order valence-corrected chi connectivity index (χ2v) is 6.52. The van der Waals surface area contributed by atoms with Crippen LogP contribution in [-0.2, 0) is 6.42 Å². The average molecular weight is 283 g/mol. The van der Waals surface area contributed by atoms with Crippen LogP contribution in [0.15, 0.2) is 28.8 Å². The van der Waals surface area contributed by atoms with E-state index in [1.54, 1.807) is 0 Å². The van der Waals surface area contributed by atoms with Gasteiger partial charge in [-0.1, -0.05) is 43.1 Å². The molecule has 2 aliphatic rings. The van der Waals surface area contributed by atoms with Gasteiger partial charge in [0.2, 0.25) is 5.89 Å². The van der Waals surface area contributed by atoms with E-state index in [-0.39, 0.29) is 6.04 Å². The number of hydrogen-bond donors (Lipinski definition) is 1. The number of anilines is 1. The Morgan fingerprint density at radius 1 is 1.24 bits per heavy atom. The Balaban J connectivity index is 1.51. The summed E-state index contributed by atoms with van der Waals surface area (Å²) in [6, 6.07) is 8.52. The van der Waals surface area contributed by atoms with Gasteiger partial charge in [0.25, 0.3) is 0 Å². The van der Waals surface area contributed by atoms with Crippen LogP contribution in [0, 0.1) is 5.92 Å². The molecule has 1 fully saturated rings. The molecule has 1 aliphatic carbocycles. The molecule has 4 heteroatoms. The maximum atomic E-state index is 5.54. The van der Waals surface area contributed by atoms with E-state index in [1.807, 2.05) is 0 Å². The Morgan fingerprint density at radius 2 is 2.14 bits per heavy atom. The third kappa shape index (κ3) is 2.43. The van der Waals surface area contributed by atoms with Crippen LogP contribution < -0.4 is 5.32 Å². The molecule has 0 spiro atoms. The minimum Gasteiger partial charge on any atom is -0.373 e. The fourth-order valence-corrected chi connectivity index (χ4v) is 3.67. The van der Waals surface area contributed by atoms with Gasteiger partial charge in [-0.05, 0) is 30.4 Å². The number of para-hydroxylation sites is 1. The first-order chi connectivity index (χ1) is 10.3. The van der Waals surface area contributed by atoms with E-state index >= 15 is 0 Å². The number of nitrogens with zero attached hydrogens (tertiary/aromatic N) is 2. The summed E-state index contributed by atoms with van der Waals surface area (Å²) in [5.74, 6) is 2.91. The SMILES string of the molecule is CC1CCCC(c2noc([C@@H]3Cc4ccccc4N3)n2)C1. The lowest BCUT2D eigenvalue weighted by Gasteiger charge is -2.23. The average Bonchev–Trinajstić information content (AvgIpc) is 3.14. The van der Waals surface area contributed by atoms with E-state index in [4.69, 9.17) is 9.51 Å². The first kappa shape index (κ1) is 12.9. The summed E-state index contributed by atoms with van der Waals surface area (Å²) in [4.78, 5) is 4.69. The van der Waals surface area contributed by atoms with Crippen molar-refractivity contribution in [2.24, 2.45) is 5.92 Å². The quantitative estimate of drug-likeness (QED) is 0.902. The molecule has 110 valence electrons. The van der Waals surface area contributed by atoms with Crippen molar-refractivity contribution in [2.75, 3.05) is 5.32 Å². The second kappa shape index (κ2) is 5.17. The third-order valence-electron chi connectivity index (χ3n) is 4.83. The van der Waals surface area contributed by atoms with Gasteiger partial charge in [-0.15, -0.1) is 0 Å². The Kier molecular flexibility index (Phi) is 3.17. The maximum absolute atomic E-state index is 5.54. The lowest BCUT2D eigenvalue weighted by Crippen LogP contribution is -2.13. The van der Waals surface area contributed by atoms with Gasteiger partial charge >= 0.3 is 0 Å².